The highest BCUT2D eigenvalue weighted by atomic mass is 14.9. The topological polar surface area (TPSA) is 37.8 Å². The summed E-state index contributed by atoms with van der Waals surface area (Å²) in [6, 6.07) is 6.15. The summed E-state index contributed by atoms with van der Waals surface area (Å²) in [4.78, 5) is 8.52. The third-order valence-corrected chi connectivity index (χ3v) is 2.54. The first-order valence-corrected chi connectivity index (χ1v) is 5.36. The minimum absolute atomic E-state index is 0.822. The van der Waals surface area contributed by atoms with E-state index in [9.17, 15) is 0 Å². The molecule has 82 valence electrons. The molecule has 0 aliphatic rings. The molecular weight excluding hydrogens is 198 g/mol. The lowest BCUT2D eigenvalue weighted by molar-refractivity contribution is 0.810. The van der Waals surface area contributed by atoms with Crippen LogP contribution >= 0.6 is 0 Å². The molecule has 1 aromatic carbocycles. The smallest absolute Gasteiger partial charge is 0.0890 e. The molecule has 0 spiro atoms. The quantitative estimate of drug-likeness (QED) is 0.851. The molecule has 1 aromatic heterocycles. The fraction of sp³-hybridized carbons (Fsp3) is 0.231. The molecule has 0 aliphatic carbocycles. The van der Waals surface area contributed by atoms with E-state index in [1.807, 2.05) is 13.0 Å². The van der Waals surface area contributed by atoms with Crippen LogP contribution in [-0.2, 0) is 6.54 Å². The number of aromatic nitrogens is 2. The molecule has 1 N–H and O–H groups in total. The van der Waals surface area contributed by atoms with Gasteiger partial charge in [0.15, 0.2) is 0 Å². The number of allylic oxidation sites excluding steroid dienone is 2. The Balaban J connectivity index is 2.20. The zero-order chi connectivity index (χ0) is 11.4. The van der Waals surface area contributed by atoms with Crippen LogP contribution in [0.1, 0.15) is 19.4 Å². The molecule has 0 aliphatic heterocycles. The number of hydrogen-bond donors (Lipinski definition) is 1. The number of nitrogens with one attached hydrogen (secondary N) is 1. The lowest BCUT2D eigenvalue weighted by Gasteiger charge is -2.06. The van der Waals surface area contributed by atoms with Gasteiger partial charge in [0.2, 0.25) is 0 Å². The lowest BCUT2D eigenvalue weighted by Crippen LogP contribution is -2.10. The van der Waals surface area contributed by atoms with E-state index >= 15 is 0 Å². The van der Waals surface area contributed by atoms with Crippen molar-refractivity contribution in [1.29, 1.82) is 0 Å². The van der Waals surface area contributed by atoms with Crippen LogP contribution in [-0.4, -0.2) is 9.97 Å². The molecule has 3 heteroatoms. The van der Waals surface area contributed by atoms with Crippen molar-refractivity contribution in [2.75, 3.05) is 0 Å². The summed E-state index contributed by atoms with van der Waals surface area (Å²) in [5.41, 5.74) is 4.28. The Morgan fingerprint density at radius 1 is 1.25 bits per heavy atom. The molecule has 1 heterocycles. The van der Waals surface area contributed by atoms with Gasteiger partial charge in [-0.15, -0.1) is 0 Å². The summed E-state index contributed by atoms with van der Waals surface area (Å²) < 4.78 is 0. The Hall–Kier alpha value is -1.90. The Bertz CT molecular complexity index is 517. The second-order valence-electron chi connectivity index (χ2n) is 3.70. The summed E-state index contributed by atoms with van der Waals surface area (Å²) in [5.74, 6) is 0. The van der Waals surface area contributed by atoms with Crippen molar-refractivity contribution in [2.45, 2.75) is 20.4 Å². The van der Waals surface area contributed by atoms with Crippen molar-refractivity contribution in [3.63, 3.8) is 0 Å². The molecule has 16 heavy (non-hydrogen) atoms. The van der Waals surface area contributed by atoms with E-state index in [0.717, 1.165) is 17.6 Å². The molecule has 0 bridgehead atoms. The molecule has 2 rings (SSSR count). The molecule has 2 aromatic rings. The number of hydrogen-bond acceptors (Lipinski definition) is 3. The maximum atomic E-state index is 4.28. The summed E-state index contributed by atoms with van der Waals surface area (Å²) in [5, 5.41) is 3.33. The fourth-order valence-electron chi connectivity index (χ4n) is 1.46. The van der Waals surface area contributed by atoms with Gasteiger partial charge in [-0.1, -0.05) is 12.1 Å². The predicted octanol–water partition coefficient (Wildman–Crippen LogP) is 2.64. The Labute approximate surface area is 95.2 Å². The first-order valence-electron chi connectivity index (χ1n) is 5.36. The molecule has 0 saturated carbocycles. The van der Waals surface area contributed by atoms with Crippen LogP contribution in [0.3, 0.4) is 0 Å². The van der Waals surface area contributed by atoms with Crippen molar-refractivity contribution in [2.24, 2.45) is 0 Å². The van der Waals surface area contributed by atoms with Gasteiger partial charge in [0.25, 0.3) is 0 Å². The Morgan fingerprint density at radius 3 is 2.75 bits per heavy atom. The summed E-state index contributed by atoms with van der Waals surface area (Å²) >= 11 is 0. The number of fused-ring (bicyclic) bond motifs is 1. The van der Waals surface area contributed by atoms with E-state index in [1.54, 1.807) is 12.4 Å². The molecule has 0 unspecified atom stereocenters. The van der Waals surface area contributed by atoms with Gasteiger partial charge < -0.3 is 5.32 Å². The number of rotatable bonds is 3. The number of nitrogens with zero attached hydrogens (tertiary/aromatic N) is 2. The van der Waals surface area contributed by atoms with Crippen molar-refractivity contribution in [3.8, 4) is 0 Å². The van der Waals surface area contributed by atoms with E-state index < -0.39 is 0 Å². The van der Waals surface area contributed by atoms with Crippen molar-refractivity contribution in [3.05, 3.63) is 47.9 Å². The third kappa shape index (κ3) is 2.37. The van der Waals surface area contributed by atoms with E-state index in [0.29, 0.717) is 0 Å². The highest BCUT2D eigenvalue weighted by molar-refractivity contribution is 5.74. The van der Waals surface area contributed by atoms with Gasteiger partial charge in [0.1, 0.15) is 0 Å². The first kappa shape index (κ1) is 10.6. The van der Waals surface area contributed by atoms with E-state index in [-0.39, 0.29) is 0 Å². The van der Waals surface area contributed by atoms with Crippen LogP contribution in [0.15, 0.2) is 42.4 Å². The van der Waals surface area contributed by atoms with Gasteiger partial charge in [-0.05, 0) is 31.5 Å². The molecule has 3 nitrogen and oxygen atoms in total. The van der Waals surface area contributed by atoms with Crippen LogP contribution in [0.4, 0.5) is 0 Å². The van der Waals surface area contributed by atoms with Gasteiger partial charge in [-0.2, -0.15) is 0 Å². The average Bonchev–Trinajstić information content (AvgIpc) is 2.35. The minimum atomic E-state index is 0.822. The fourth-order valence-corrected chi connectivity index (χ4v) is 1.46. The van der Waals surface area contributed by atoms with Gasteiger partial charge in [0, 0.05) is 24.6 Å². The molecule has 0 radical (unpaired) electrons. The van der Waals surface area contributed by atoms with Crippen molar-refractivity contribution < 1.29 is 0 Å². The first-order chi connectivity index (χ1) is 7.79. The summed E-state index contributed by atoms with van der Waals surface area (Å²) in [6.07, 6.45) is 5.49. The van der Waals surface area contributed by atoms with Crippen LogP contribution in [0.5, 0.6) is 0 Å². The molecular formula is C13H15N3. The monoisotopic (exact) mass is 213 g/mol. The largest absolute Gasteiger partial charge is 0.385 e. The van der Waals surface area contributed by atoms with Crippen molar-refractivity contribution >= 4 is 11.0 Å². The maximum absolute atomic E-state index is 4.28. The highest BCUT2D eigenvalue weighted by Crippen LogP contribution is 2.10. The van der Waals surface area contributed by atoms with Crippen molar-refractivity contribution in [1.82, 2.24) is 15.3 Å². The standard InChI is InChI=1S/C13H15N3/c1-3-10(2)16-9-11-4-5-12-13(8-11)15-7-6-14-12/h3-8,16H,9H2,1-2H3/b10-3+. The van der Waals surface area contributed by atoms with Gasteiger partial charge in [0.05, 0.1) is 11.0 Å². The van der Waals surface area contributed by atoms with Gasteiger partial charge in [-0.25, -0.2) is 0 Å². The molecule has 0 amide bonds. The number of benzene rings is 1. The average molecular weight is 213 g/mol. The summed E-state index contributed by atoms with van der Waals surface area (Å²) in [7, 11) is 0. The van der Waals surface area contributed by atoms with Gasteiger partial charge >= 0.3 is 0 Å². The summed E-state index contributed by atoms with van der Waals surface area (Å²) in [6.45, 7) is 4.90. The van der Waals surface area contributed by atoms with Crippen LogP contribution < -0.4 is 5.32 Å². The second-order valence-corrected chi connectivity index (χ2v) is 3.70. The Kier molecular flexibility index (Phi) is 3.15. The molecule has 0 atom stereocenters. The van der Waals surface area contributed by atoms with E-state index in [1.165, 1.54) is 11.3 Å². The SMILES string of the molecule is C/C=C(\C)NCc1ccc2nccnc2c1. The second kappa shape index (κ2) is 4.75. The van der Waals surface area contributed by atoms with E-state index in [2.05, 4.69) is 40.4 Å². The maximum Gasteiger partial charge on any atom is 0.0890 e. The zero-order valence-electron chi connectivity index (χ0n) is 9.57. The van der Waals surface area contributed by atoms with Gasteiger partial charge in [-0.3, -0.25) is 9.97 Å². The zero-order valence-corrected chi connectivity index (χ0v) is 9.57. The van der Waals surface area contributed by atoms with Crippen LogP contribution in [0.25, 0.3) is 11.0 Å². The lowest BCUT2D eigenvalue weighted by atomic mass is 10.2. The van der Waals surface area contributed by atoms with Crippen LogP contribution in [0, 0.1) is 0 Å². The van der Waals surface area contributed by atoms with Crippen LogP contribution in [0.2, 0.25) is 0 Å². The highest BCUT2D eigenvalue weighted by Gasteiger charge is 1.97. The minimum Gasteiger partial charge on any atom is -0.385 e. The predicted molar refractivity (Wildman–Crippen MR) is 65.8 cm³/mol. The third-order valence-electron chi connectivity index (χ3n) is 2.54. The molecule has 0 saturated heterocycles. The Morgan fingerprint density at radius 2 is 2.00 bits per heavy atom. The normalized spacial score (nSPS) is 11.8. The molecule has 0 fully saturated rings. The van der Waals surface area contributed by atoms with E-state index in [4.69, 9.17) is 0 Å².